The zero-order chi connectivity index (χ0) is 20.8. The molecule has 4 rings (SSSR count). The molecule has 0 spiro atoms. The third-order valence-electron chi connectivity index (χ3n) is 6.59. The molecule has 0 unspecified atom stereocenters. The van der Waals surface area contributed by atoms with Crippen LogP contribution in [0.4, 0.5) is 5.69 Å². The minimum atomic E-state index is -0.397. The fourth-order valence-corrected chi connectivity index (χ4v) is 4.95. The predicted octanol–water partition coefficient (Wildman–Crippen LogP) is 5.11. The molecule has 2 N–H and O–H groups in total. The first-order valence-electron chi connectivity index (χ1n) is 11.0. The second-order valence-corrected chi connectivity index (χ2v) is 8.28. The van der Waals surface area contributed by atoms with Gasteiger partial charge < -0.3 is 15.4 Å². The van der Waals surface area contributed by atoms with E-state index in [1.165, 1.54) is 16.7 Å². The molecule has 1 saturated heterocycles. The van der Waals surface area contributed by atoms with Crippen molar-refractivity contribution in [3.8, 4) is 0 Å². The number of piperidine rings is 1. The van der Waals surface area contributed by atoms with Crippen LogP contribution in [0, 0.1) is 5.92 Å². The predicted molar refractivity (Wildman–Crippen MR) is 124 cm³/mol. The molecule has 3 nitrogen and oxygen atoms in total. The number of nitrogens with zero attached hydrogens (tertiary/aromatic N) is 1. The molecule has 1 fully saturated rings. The number of hydrogen-bond acceptors (Lipinski definition) is 3. The van der Waals surface area contributed by atoms with Gasteiger partial charge >= 0.3 is 0 Å². The van der Waals surface area contributed by atoms with E-state index >= 15 is 0 Å². The molecule has 0 aliphatic carbocycles. The van der Waals surface area contributed by atoms with Crippen LogP contribution in [-0.2, 0) is 16.8 Å². The number of hydrogen-bond donors (Lipinski definition) is 1. The van der Waals surface area contributed by atoms with Crippen LogP contribution >= 0.6 is 0 Å². The minimum absolute atomic E-state index is 0.397. The van der Waals surface area contributed by atoms with E-state index < -0.39 is 5.60 Å². The van der Waals surface area contributed by atoms with E-state index in [1.807, 2.05) is 19.2 Å². The Balaban J connectivity index is 1.49. The van der Waals surface area contributed by atoms with E-state index in [1.54, 1.807) is 0 Å². The SMILES string of the molecule is COC(c1ccccc1)(c1ccccc1)C1CCN(CCc2ccc(N)cc2)CC1. The third-order valence-corrected chi connectivity index (χ3v) is 6.59. The highest BCUT2D eigenvalue weighted by Crippen LogP contribution is 2.44. The van der Waals surface area contributed by atoms with Crippen LogP contribution < -0.4 is 5.73 Å². The van der Waals surface area contributed by atoms with Gasteiger partial charge in [-0.05, 0) is 67.1 Å². The summed E-state index contributed by atoms with van der Waals surface area (Å²) in [6.07, 6.45) is 3.32. The lowest BCUT2D eigenvalue weighted by atomic mass is 9.71. The Morgan fingerprint density at radius 3 is 1.87 bits per heavy atom. The fraction of sp³-hybridized carbons (Fsp3) is 0.333. The Morgan fingerprint density at radius 1 is 0.833 bits per heavy atom. The van der Waals surface area contributed by atoms with Crippen LogP contribution in [0.1, 0.15) is 29.5 Å². The maximum atomic E-state index is 6.39. The van der Waals surface area contributed by atoms with Crippen LogP contribution in [0.25, 0.3) is 0 Å². The lowest BCUT2D eigenvalue weighted by Crippen LogP contribution is -2.45. The lowest BCUT2D eigenvalue weighted by molar-refractivity contribution is -0.0506. The van der Waals surface area contributed by atoms with Crippen molar-refractivity contribution < 1.29 is 4.74 Å². The Labute approximate surface area is 180 Å². The number of nitrogens with two attached hydrogens (primary N) is 1. The van der Waals surface area contributed by atoms with Crippen LogP contribution in [-0.4, -0.2) is 31.6 Å². The van der Waals surface area contributed by atoms with Crippen molar-refractivity contribution in [3.05, 3.63) is 102 Å². The van der Waals surface area contributed by atoms with Gasteiger partial charge in [-0.3, -0.25) is 0 Å². The van der Waals surface area contributed by atoms with Gasteiger partial charge in [0.25, 0.3) is 0 Å². The number of methoxy groups -OCH3 is 1. The molecule has 3 aromatic carbocycles. The highest BCUT2D eigenvalue weighted by molar-refractivity contribution is 5.39. The maximum Gasteiger partial charge on any atom is 0.121 e. The molecule has 0 saturated carbocycles. The fourth-order valence-electron chi connectivity index (χ4n) is 4.95. The molecule has 3 heteroatoms. The van der Waals surface area contributed by atoms with Gasteiger partial charge in [0.05, 0.1) is 0 Å². The molecule has 1 heterocycles. The van der Waals surface area contributed by atoms with Crippen molar-refractivity contribution in [2.24, 2.45) is 5.92 Å². The van der Waals surface area contributed by atoms with Crippen molar-refractivity contribution in [2.45, 2.75) is 24.9 Å². The Bertz CT molecular complexity index is 861. The quantitative estimate of drug-likeness (QED) is 0.560. The van der Waals surface area contributed by atoms with E-state index in [2.05, 4.69) is 77.7 Å². The molecule has 3 aromatic rings. The van der Waals surface area contributed by atoms with Crippen LogP contribution in [0.15, 0.2) is 84.9 Å². The van der Waals surface area contributed by atoms with Crippen molar-refractivity contribution in [3.63, 3.8) is 0 Å². The number of anilines is 1. The van der Waals surface area contributed by atoms with E-state index in [0.29, 0.717) is 5.92 Å². The van der Waals surface area contributed by atoms with Crippen LogP contribution in [0.3, 0.4) is 0 Å². The minimum Gasteiger partial charge on any atom is -0.399 e. The van der Waals surface area contributed by atoms with Gasteiger partial charge in [0.2, 0.25) is 0 Å². The van der Waals surface area contributed by atoms with Crippen molar-refractivity contribution >= 4 is 5.69 Å². The summed E-state index contributed by atoms with van der Waals surface area (Å²) in [5, 5.41) is 0. The lowest BCUT2D eigenvalue weighted by Gasteiger charge is -2.44. The van der Waals surface area contributed by atoms with Crippen molar-refractivity contribution in [1.82, 2.24) is 4.90 Å². The summed E-state index contributed by atoms with van der Waals surface area (Å²) in [6, 6.07) is 29.8. The molecular weight excluding hydrogens is 368 g/mol. The summed E-state index contributed by atoms with van der Waals surface area (Å²) < 4.78 is 6.39. The van der Waals surface area contributed by atoms with E-state index in [-0.39, 0.29) is 0 Å². The van der Waals surface area contributed by atoms with E-state index in [9.17, 15) is 0 Å². The number of ether oxygens (including phenoxy) is 1. The second-order valence-electron chi connectivity index (χ2n) is 8.28. The average molecular weight is 401 g/mol. The zero-order valence-corrected chi connectivity index (χ0v) is 17.8. The van der Waals surface area contributed by atoms with E-state index in [0.717, 1.165) is 44.6 Å². The second kappa shape index (κ2) is 9.46. The van der Waals surface area contributed by atoms with Gasteiger partial charge in [0.15, 0.2) is 0 Å². The smallest absolute Gasteiger partial charge is 0.121 e. The standard InChI is InChI=1S/C27H32N2O/c1-30-27(23-8-4-2-5-9-23,24-10-6-3-7-11-24)25-17-20-29(21-18-25)19-16-22-12-14-26(28)15-13-22/h2-15,25H,16-21,28H2,1H3. The Kier molecular flexibility index (Phi) is 6.51. The van der Waals surface area contributed by atoms with Crippen LogP contribution in [0.5, 0.6) is 0 Å². The van der Waals surface area contributed by atoms with Crippen molar-refractivity contribution in [1.29, 1.82) is 0 Å². The third kappa shape index (κ3) is 4.28. The summed E-state index contributed by atoms with van der Waals surface area (Å²) in [5.74, 6) is 0.445. The number of likely N-dealkylation sites (tertiary alicyclic amines) is 1. The van der Waals surface area contributed by atoms with Crippen molar-refractivity contribution in [2.75, 3.05) is 32.5 Å². The molecule has 30 heavy (non-hydrogen) atoms. The molecular formula is C27H32N2O. The number of benzene rings is 3. The van der Waals surface area contributed by atoms with Gasteiger partial charge in [0, 0.05) is 19.3 Å². The molecule has 0 radical (unpaired) electrons. The summed E-state index contributed by atoms with van der Waals surface area (Å²) >= 11 is 0. The summed E-state index contributed by atoms with van der Waals surface area (Å²) in [7, 11) is 1.87. The summed E-state index contributed by atoms with van der Waals surface area (Å²) in [6.45, 7) is 3.29. The zero-order valence-electron chi connectivity index (χ0n) is 17.8. The van der Waals surface area contributed by atoms with Gasteiger partial charge in [-0.1, -0.05) is 72.8 Å². The first-order chi connectivity index (χ1) is 14.7. The number of nitrogen functional groups attached to an aromatic ring is 1. The number of rotatable bonds is 7. The molecule has 1 aliphatic rings. The Morgan fingerprint density at radius 2 is 1.37 bits per heavy atom. The summed E-state index contributed by atoms with van der Waals surface area (Å²) in [4.78, 5) is 2.59. The molecule has 0 aromatic heterocycles. The average Bonchev–Trinajstić information content (AvgIpc) is 2.82. The molecule has 156 valence electrons. The molecule has 0 atom stereocenters. The molecule has 0 amide bonds. The molecule has 0 bridgehead atoms. The van der Waals surface area contributed by atoms with E-state index in [4.69, 9.17) is 10.5 Å². The first kappa shape index (κ1) is 20.6. The largest absolute Gasteiger partial charge is 0.399 e. The molecule has 1 aliphatic heterocycles. The first-order valence-corrected chi connectivity index (χ1v) is 11.0. The van der Waals surface area contributed by atoms with Gasteiger partial charge in [-0.15, -0.1) is 0 Å². The maximum absolute atomic E-state index is 6.39. The monoisotopic (exact) mass is 400 g/mol. The topological polar surface area (TPSA) is 38.5 Å². The highest BCUT2D eigenvalue weighted by atomic mass is 16.5. The van der Waals surface area contributed by atoms with Crippen LogP contribution in [0.2, 0.25) is 0 Å². The van der Waals surface area contributed by atoms with Gasteiger partial charge in [-0.2, -0.15) is 0 Å². The normalized spacial score (nSPS) is 15.9. The van der Waals surface area contributed by atoms with Gasteiger partial charge in [-0.25, -0.2) is 0 Å². The van der Waals surface area contributed by atoms with Gasteiger partial charge in [0.1, 0.15) is 5.60 Å². The Hall–Kier alpha value is -2.62. The highest BCUT2D eigenvalue weighted by Gasteiger charge is 2.43. The summed E-state index contributed by atoms with van der Waals surface area (Å²) in [5.41, 5.74) is 10.1.